The summed E-state index contributed by atoms with van der Waals surface area (Å²) in [6, 6.07) is 0. The SMILES string of the molecule is CCO.C[N+](C)(C)CCO. The van der Waals surface area contributed by atoms with Gasteiger partial charge in [-0.3, -0.25) is 0 Å². The summed E-state index contributed by atoms with van der Waals surface area (Å²) in [4.78, 5) is 0. The molecule has 0 fully saturated rings. The Kier molecular flexibility index (Phi) is 8.77. The van der Waals surface area contributed by atoms with E-state index in [4.69, 9.17) is 10.2 Å². The second-order valence-corrected chi connectivity index (χ2v) is 3.05. The van der Waals surface area contributed by atoms with E-state index in [1.54, 1.807) is 6.92 Å². The molecule has 0 amide bonds. The number of quaternary nitrogens is 1. The molecule has 0 radical (unpaired) electrons. The second-order valence-electron chi connectivity index (χ2n) is 3.05. The molecule has 0 atom stereocenters. The van der Waals surface area contributed by atoms with Crippen LogP contribution in [0.3, 0.4) is 0 Å². The zero-order valence-electron chi connectivity index (χ0n) is 7.46. The van der Waals surface area contributed by atoms with Crippen LogP contribution in [0.25, 0.3) is 0 Å². The monoisotopic (exact) mass is 150 g/mol. The Hall–Kier alpha value is -0.120. The lowest BCUT2D eigenvalue weighted by molar-refractivity contribution is -0.870. The maximum absolute atomic E-state index is 8.39. The first-order valence-electron chi connectivity index (χ1n) is 3.50. The first-order valence-corrected chi connectivity index (χ1v) is 3.50. The smallest absolute Gasteiger partial charge is 0.101 e. The van der Waals surface area contributed by atoms with Crippen LogP contribution in [0.2, 0.25) is 0 Å². The van der Waals surface area contributed by atoms with E-state index in [0.29, 0.717) is 0 Å². The van der Waals surface area contributed by atoms with Gasteiger partial charge in [0.05, 0.1) is 27.7 Å². The molecule has 0 aromatic rings. The molecule has 0 rings (SSSR count). The van der Waals surface area contributed by atoms with E-state index in [-0.39, 0.29) is 13.2 Å². The van der Waals surface area contributed by atoms with Crippen LogP contribution in [0.1, 0.15) is 6.92 Å². The molecule has 3 nitrogen and oxygen atoms in total. The maximum atomic E-state index is 8.39. The van der Waals surface area contributed by atoms with E-state index in [9.17, 15) is 0 Å². The fourth-order valence-corrected chi connectivity index (χ4v) is 0.300. The summed E-state index contributed by atoms with van der Waals surface area (Å²) in [7, 11) is 6.16. The molecular formula is C7H20NO2+. The van der Waals surface area contributed by atoms with Crippen molar-refractivity contribution in [3.63, 3.8) is 0 Å². The van der Waals surface area contributed by atoms with Gasteiger partial charge in [-0.25, -0.2) is 0 Å². The van der Waals surface area contributed by atoms with Gasteiger partial charge in [0.1, 0.15) is 6.54 Å². The first-order chi connectivity index (χ1) is 4.47. The van der Waals surface area contributed by atoms with Gasteiger partial charge in [0.25, 0.3) is 0 Å². The summed E-state index contributed by atoms with van der Waals surface area (Å²) in [5, 5.41) is 16.0. The highest BCUT2D eigenvalue weighted by atomic mass is 16.3. The van der Waals surface area contributed by atoms with Gasteiger partial charge in [-0.2, -0.15) is 0 Å². The Bertz CT molecular complexity index is 59.1. The number of aliphatic hydroxyl groups excluding tert-OH is 2. The Morgan fingerprint density at radius 3 is 1.40 bits per heavy atom. The Labute approximate surface area is 63.5 Å². The minimum atomic E-state index is 0.250. The van der Waals surface area contributed by atoms with Gasteiger partial charge in [-0.05, 0) is 6.92 Å². The summed E-state index contributed by atoms with van der Waals surface area (Å²) in [5.74, 6) is 0. The lowest BCUT2D eigenvalue weighted by Gasteiger charge is -2.21. The molecule has 0 aromatic carbocycles. The normalized spacial score (nSPS) is 10.2. The van der Waals surface area contributed by atoms with E-state index in [0.717, 1.165) is 11.0 Å². The molecule has 0 saturated carbocycles. The van der Waals surface area contributed by atoms with Crippen molar-refractivity contribution in [2.75, 3.05) is 40.9 Å². The summed E-state index contributed by atoms with van der Waals surface area (Å²) in [5.41, 5.74) is 0. The first kappa shape index (κ1) is 12.5. The van der Waals surface area contributed by atoms with E-state index in [1.807, 2.05) is 0 Å². The molecule has 64 valence electrons. The molecule has 10 heavy (non-hydrogen) atoms. The zero-order valence-corrected chi connectivity index (χ0v) is 7.46. The van der Waals surface area contributed by atoms with Crippen LogP contribution < -0.4 is 0 Å². The largest absolute Gasteiger partial charge is 0.397 e. The fraction of sp³-hybridized carbons (Fsp3) is 1.00. The van der Waals surface area contributed by atoms with Gasteiger partial charge in [0.15, 0.2) is 0 Å². The lowest BCUT2D eigenvalue weighted by Crippen LogP contribution is -2.36. The molecule has 0 unspecified atom stereocenters. The molecule has 0 bridgehead atoms. The van der Waals surface area contributed by atoms with Crippen molar-refractivity contribution in [1.29, 1.82) is 0 Å². The van der Waals surface area contributed by atoms with Crippen molar-refractivity contribution in [2.45, 2.75) is 6.92 Å². The Morgan fingerprint density at radius 2 is 1.40 bits per heavy atom. The number of rotatable bonds is 2. The molecular weight excluding hydrogens is 130 g/mol. The van der Waals surface area contributed by atoms with Crippen molar-refractivity contribution >= 4 is 0 Å². The number of aliphatic hydroxyl groups is 2. The van der Waals surface area contributed by atoms with E-state index >= 15 is 0 Å². The third kappa shape index (κ3) is 24.8. The van der Waals surface area contributed by atoms with Crippen molar-refractivity contribution in [1.82, 2.24) is 0 Å². The third-order valence-electron chi connectivity index (χ3n) is 0.771. The zero-order chi connectivity index (χ0) is 8.62. The molecule has 0 heterocycles. The number of likely N-dealkylation sites (N-methyl/N-ethyl adjacent to an activating group) is 1. The predicted molar refractivity (Wildman–Crippen MR) is 42.7 cm³/mol. The Balaban J connectivity index is 0. The highest BCUT2D eigenvalue weighted by molar-refractivity contribution is 4.19. The van der Waals surface area contributed by atoms with Crippen molar-refractivity contribution in [3.8, 4) is 0 Å². The molecule has 0 spiro atoms. The van der Waals surface area contributed by atoms with E-state index in [2.05, 4.69) is 21.1 Å². The van der Waals surface area contributed by atoms with Gasteiger partial charge >= 0.3 is 0 Å². The van der Waals surface area contributed by atoms with E-state index < -0.39 is 0 Å². The molecule has 0 aromatic heterocycles. The average Bonchev–Trinajstić information content (AvgIpc) is 1.63. The van der Waals surface area contributed by atoms with Gasteiger partial charge in [0, 0.05) is 6.61 Å². The molecule has 3 heteroatoms. The van der Waals surface area contributed by atoms with Gasteiger partial charge in [-0.1, -0.05) is 0 Å². The minimum absolute atomic E-state index is 0.250. The van der Waals surface area contributed by atoms with Crippen molar-refractivity contribution in [2.24, 2.45) is 0 Å². The van der Waals surface area contributed by atoms with Crippen LogP contribution in [0, 0.1) is 0 Å². The van der Waals surface area contributed by atoms with E-state index in [1.165, 1.54) is 0 Å². The number of hydrogen-bond acceptors (Lipinski definition) is 2. The molecule has 0 aliphatic heterocycles. The van der Waals surface area contributed by atoms with Gasteiger partial charge < -0.3 is 14.7 Å². The summed E-state index contributed by atoms with van der Waals surface area (Å²) < 4.78 is 0.844. The highest BCUT2D eigenvalue weighted by Crippen LogP contribution is 1.84. The van der Waals surface area contributed by atoms with Crippen LogP contribution in [0.5, 0.6) is 0 Å². The van der Waals surface area contributed by atoms with Crippen LogP contribution >= 0.6 is 0 Å². The average molecular weight is 150 g/mol. The minimum Gasteiger partial charge on any atom is -0.397 e. The highest BCUT2D eigenvalue weighted by Gasteiger charge is 2.02. The summed E-state index contributed by atoms with van der Waals surface area (Å²) in [6.45, 7) is 3.05. The lowest BCUT2D eigenvalue weighted by atomic mass is 10.5. The Morgan fingerprint density at radius 1 is 1.10 bits per heavy atom. The van der Waals surface area contributed by atoms with Gasteiger partial charge in [-0.15, -0.1) is 0 Å². The fourth-order valence-electron chi connectivity index (χ4n) is 0.300. The van der Waals surface area contributed by atoms with Crippen molar-refractivity contribution < 1.29 is 14.7 Å². The van der Waals surface area contributed by atoms with Crippen LogP contribution in [0.4, 0.5) is 0 Å². The molecule has 0 saturated heterocycles. The molecule has 0 aliphatic carbocycles. The summed E-state index contributed by atoms with van der Waals surface area (Å²) in [6.07, 6.45) is 0. The maximum Gasteiger partial charge on any atom is 0.101 e. The number of nitrogens with zero attached hydrogens (tertiary/aromatic N) is 1. The van der Waals surface area contributed by atoms with Crippen LogP contribution in [0.15, 0.2) is 0 Å². The van der Waals surface area contributed by atoms with Gasteiger partial charge in [0.2, 0.25) is 0 Å². The number of hydrogen-bond donors (Lipinski definition) is 2. The van der Waals surface area contributed by atoms with Crippen molar-refractivity contribution in [3.05, 3.63) is 0 Å². The topological polar surface area (TPSA) is 40.5 Å². The predicted octanol–water partition coefficient (Wildman–Crippen LogP) is -0.316. The standard InChI is InChI=1S/C5H14NO.C2H6O/c1-6(2,3)4-5-7;1-2-3/h7H,4-5H2,1-3H3;3H,2H2,1H3/q+1;. The summed E-state index contributed by atoms with van der Waals surface area (Å²) >= 11 is 0. The van der Waals surface area contributed by atoms with Crippen LogP contribution in [-0.2, 0) is 0 Å². The third-order valence-corrected chi connectivity index (χ3v) is 0.771. The molecule has 2 N–H and O–H groups in total. The van der Waals surface area contributed by atoms with Crippen LogP contribution in [-0.4, -0.2) is 55.6 Å². The quantitative estimate of drug-likeness (QED) is 0.530. The second kappa shape index (κ2) is 6.99. The molecule has 0 aliphatic rings.